The van der Waals surface area contributed by atoms with Crippen molar-refractivity contribution >= 4 is 0 Å². The number of hydrogen-bond donors (Lipinski definition) is 1. The van der Waals surface area contributed by atoms with Crippen LogP contribution in [0.5, 0.6) is 5.75 Å². The van der Waals surface area contributed by atoms with E-state index in [1.165, 1.54) is 0 Å². The second kappa shape index (κ2) is 8.57. The van der Waals surface area contributed by atoms with Crippen molar-refractivity contribution in [2.45, 2.75) is 39.3 Å². The predicted octanol–water partition coefficient (Wildman–Crippen LogP) is 2.42. The average molecular weight is 276 g/mol. The Labute approximate surface area is 121 Å². The van der Waals surface area contributed by atoms with Crippen LogP contribution in [0.3, 0.4) is 0 Å². The van der Waals surface area contributed by atoms with E-state index in [4.69, 9.17) is 10.00 Å². The Morgan fingerprint density at radius 3 is 2.65 bits per heavy atom. The Morgan fingerprint density at radius 1 is 1.35 bits per heavy atom. The van der Waals surface area contributed by atoms with Crippen LogP contribution >= 0.6 is 0 Å². The molecule has 0 heterocycles. The van der Waals surface area contributed by atoms with Crippen LogP contribution in [0.4, 0.5) is 0 Å². The quantitative estimate of drug-likeness (QED) is 0.792. The molecule has 0 aliphatic carbocycles. The molecule has 0 amide bonds. The van der Waals surface area contributed by atoms with Crippen LogP contribution < -0.4 is 4.74 Å². The van der Waals surface area contributed by atoms with Crippen molar-refractivity contribution in [3.8, 4) is 11.8 Å². The highest BCUT2D eigenvalue weighted by molar-refractivity contribution is 5.42. The summed E-state index contributed by atoms with van der Waals surface area (Å²) in [6, 6.07) is 9.60. The molecule has 0 saturated heterocycles. The topological polar surface area (TPSA) is 56.5 Å². The van der Waals surface area contributed by atoms with Gasteiger partial charge in [-0.2, -0.15) is 5.26 Å². The molecule has 2 unspecified atom stereocenters. The molecule has 0 radical (unpaired) electrons. The van der Waals surface area contributed by atoms with Crippen molar-refractivity contribution in [1.29, 1.82) is 5.26 Å². The summed E-state index contributed by atoms with van der Waals surface area (Å²) in [4.78, 5) is 2.23. The Balaban J connectivity index is 2.51. The summed E-state index contributed by atoms with van der Waals surface area (Å²) >= 11 is 0. The number of ether oxygens (including phenoxy) is 1. The molecule has 0 bridgehead atoms. The molecule has 0 spiro atoms. The lowest BCUT2D eigenvalue weighted by atomic mass is 10.2. The number of nitrogens with zero attached hydrogens (tertiary/aromatic N) is 2. The van der Waals surface area contributed by atoms with Gasteiger partial charge in [-0.05, 0) is 32.0 Å². The van der Waals surface area contributed by atoms with Crippen molar-refractivity contribution < 1.29 is 9.84 Å². The Kier molecular flexibility index (Phi) is 7.06. The van der Waals surface area contributed by atoms with Crippen LogP contribution in [0.2, 0.25) is 0 Å². The minimum absolute atomic E-state index is 0.200. The van der Waals surface area contributed by atoms with Gasteiger partial charge in [0.15, 0.2) is 0 Å². The van der Waals surface area contributed by atoms with E-state index in [2.05, 4.69) is 31.7 Å². The van der Waals surface area contributed by atoms with Crippen LogP contribution in [0, 0.1) is 11.3 Å². The third-order valence-electron chi connectivity index (χ3n) is 3.50. The van der Waals surface area contributed by atoms with Crippen LogP contribution in [0.25, 0.3) is 0 Å². The summed E-state index contributed by atoms with van der Waals surface area (Å²) < 4.78 is 5.55. The number of aliphatic hydroxyl groups excluding tert-OH is 1. The molecule has 4 heteroatoms. The van der Waals surface area contributed by atoms with Crippen molar-refractivity contribution in [3.63, 3.8) is 0 Å². The summed E-state index contributed by atoms with van der Waals surface area (Å²) in [6.07, 6.45) is 0.495. The zero-order valence-corrected chi connectivity index (χ0v) is 12.5. The Bertz CT molecular complexity index is 442. The first-order chi connectivity index (χ1) is 9.62. The van der Waals surface area contributed by atoms with E-state index in [0.29, 0.717) is 23.9 Å². The third kappa shape index (κ3) is 4.84. The zero-order chi connectivity index (χ0) is 15.0. The molecule has 20 heavy (non-hydrogen) atoms. The lowest BCUT2D eigenvalue weighted by Gasteiger charge is -2.29. The van der Waals surface area contributed by atoms with E-state index in [-0.39, 0.29) is 6.61 Å². The molecule has 2 atom stereocenters. The van der Waals surface area contributed by atoms with Gasteiger partial charge in [0.05, 0.1) is 5.56 Å². The van der Waals surface area contributed by atoms with E-state index in [9.17, 15) is 5.11 Å². The first-order valence-electron chi connectivity index (χ1n) is 7.16. The molecule has 1 aromatic carbocycles. The van der Waals surface area contributed by atoms with Crippen molar-refractivity contribution in [3.05, 3.63) is 29.8 Å². The van der Waals surface area contributed by atoms with Crippen molar-refractivity contribution in [2.24, 2.45) is 0 Å². The second-order valence-corrected chi connectivity index (χ2v) is 4.92. The van der Waals surface area contributed by atoms with Crippen LogP contribution in [0.1, 0.15) is 32.8 Å². The van der Waals surface area contributed by atoms with Gasteiger partial charge in [-0.3, -0.25) is 4.90 Å². The number of aliphatic hydroxyl groups is 1. The molecule has 0 aliphatic heterocycles. The average Bonchev–Trinajstić information content (AvgIpc) is 2.49. The summed E-state index contributed by atoms with van der Waals surface area (Å²) in [7, 11) is 0. The van der Waals surface area contributed by atoms with Gasteiger partial charge in [0.1, 0.15) is 24.5 Å². The highest BCUT2D eigenvalue weighted by Crippen LogP contribution is 2.16. The van der Waals surface area contributed by atoms with E-state index in [0.717, 1.165) is 13.0 Å². The summed E-state index contributed by atoms with van der Waals surface area (Å²) in [5.41, 5.74) is 0.494. The minimum atomic E-state index is -0.560. The summed E-state index contributed by atoms with van der Waals surface area (Å²) in [5, 5.41) is 19.0. The first kappa shape index (κ1) is 16.5. The molecule has 0 aliphatic rings. The van der Waals surface area contributed by atoms with E-state index in [1.54, 1.807) is 18.2 Å². The second-order valence-electron chi connectivity index (χ2n) is 4.92. The summed E-state index contributed by atoms with van der Waals surface area (Å²) in [6.45, 7) is 8.07. The molecule has 0 aromatic heterocycles. The Morgan fingerprint density at radius 2 is 2.05 bits per heavy atom. The predicted molar refractivity (Wildman–Crippen MR) is 79.7 cm³/mol. The molecule has 1 N–H and O–H groups in total. The molecule has 0 fully saturated rings. The number of para-hydroxylation sites is 1. The van der Waals surface area contributed by atoms with Gasteiger partial charge in [-0.25, -0.2) is 0 Å². The third-order valence-corrected chi connectivity index (χ3v) is 3.50. The smallest absolute Gasteiger partial charge is 0.137 e. The lowest BCUT2D eigenvalue weighted by Crippen LogP contribution is -2.40. The maximum atomic E-state index is 10.1. The van der Waals surface area contributed by atoms with Gasteiger partial charge in [0, 0.05) is 12.6 Å². The number of nitriles is 1. The van der Waals surface area contributed by atoms with Gasteiger partial charge >= 0.3 is 0 Å². The fourth-order valence-corrected chi connectivity index (χ4v) is 2.07. The standard InChI is InChI=1S/C16H24N2O2/c1-4-13(3)18(5-2)11-15(19)12-20-16-9-7-6-8-14(16)10-17/h6-9,13,15,19H,4-5,11-12H2,1-3H3. The monoisotopic (exact) mass is 276 g/mol. The number of likely N-dealkylation sites (N-methyl/N-ethyl adjacent to an activating group) is 1. The Hall–Kier alpha value is -1.57. The highest BCUT2D eigenvalue weighted by Gasteiger charge is 2.15. The fraction of sp³-hybridized carbons (Fsp3) is 0.562. The van der Waals surface area contributed by atoms with Gasteiger partial charge in [0.25, 0.3) is 0 Å². The van der Waals surface area contributed by atoms with Gasteiger partial charge in [0.2, 0.25) is 0 Å². The van der Waals surface area contributed by atoms with Gasteiger partial charge in [-0.1, -0.05) is 26.0 Å². The van der Waals surface area contributed by atoms with Crippen LogP contribution in [-0.4, -0.2) is 41.8 Å². The molecule has 1 rings (SSSR count). The first-order valence-corrected chi connectivity index (χ1v) is 7.16. The maximum absolute atomic E-state index is 10.1. The fourth-order valence-electron chi connectivity index (χ4n) is 2.07. The zero-order valence-electron chi connectivity index (χ0n) is 12.5. The molecular weight excluding hydrogens is 252 g/mol. The van der Waals surface area contributed by atoms with E-state index < -0.39 is 6.10 Å². The number of benzene rings is 1. The molecular formula is C16H24N2O2. The van der Waals surface area contributed by atoms with Crippen molar-refractivity contribution in [1.82, 2.24) is 4.90 Å². The normalized spacial score (nSPS) is 13.8. The van der Waals surface area contributed by atoms with E-state index >= 15 is 0 Å². The molecule has 110 valence electrons. The highest BCUT2D eigenvalue weighted by atomic mass is 16.5. The van der Waals surface area contributed by atoms with Gasteiger partial charge in [-0.15, -0.1) is 0 Å². The SMILES string of the molecule is CCC(C)N(CC)CC(O)COc1ccccc1C#N. The molecule has 1 aromatic rings. The minimum Gasteiger partial charge on any atom is -0.489 e. The van der Waals surface area contributed by atoms with Crippen LogP contribution in [-0.2, 0) is 0 Å². The lowest BCUT2D eigenvalue weighted by molar-refractivity contribution is 0.0563. The number of rotatable bonds is 8. The molecule has 4 nitrogen and oxygen atoms in total. The van der Waals surface area contributed by atoms with Gasteiger partial charge < -0.3 is 9.84 Å². The number of hydrogen-bond acceptors (Lipinski definition) is 4. The maximum Gasteiger partial charge on any atom is 0.137 e. The van der Waals surface area contributed by atoms with E-state index in [1.807, 2.05) is 6.07 Å². The van der Waals surface area contributed by atoms with Crippen LogP contribution in [0.15, 0.2) is 24.3 Å². The molecule has 0 saturated carbocycles. The largest absolute Gasteiger partial charge is 0.489 e. The summed E-state index contributed by atoms with van der Waals surface area (Å²) in [5.74, 6) is 0.528. The van der Waals surface area contributed by atoms with Crippen molar-refractivity contribution in [2.75, 3.05) is 19.7 Å².